The molecule has 0 bridgehead atoms. The summed E-state index contributed by atoms with van der Waals surface area (Å²) in [7, 11) is -1.61. The molecule has 18 heavy (non-hydrogen) atoms. The molecule has 1 heterocycles. The van der Waals surface area contributed by atoms with Crippen LogP contribution in [0.5, 0.6) is 0 Å². The van der Waals surface area contributed by atoms with E-state index in [9.17, 15) is 0 Å². The van der Waals surface area contributed by atoms with Crippen molar-refractivity contribution in [1.82, 2.24) is 0 Å². The lowest BCUT2D eigenvalue weighted by Gasteiger charge is -2.35. The summed E-state index contributed by atoms with van der Waals surface area (Å²) < 4.78 is 11.8. The van der Waals surface area contributed by atoms with Crippen LogP contribution in [0.1, 0.15) is 47.0 Å². The monoisotopic (exact) mass is 270 g/mol. The summed E-state index contributed by atoms with van der Waals surface area (Å²) in [6.07, 6.45) is 8.77. The van der Waals surface area contributed by atoms with E-state index < -0.39 is 8.32 Å². The first-order chi connectivity index (χ1) is 8.28. The predicted molar refractivity (Wildman–Crippen MR) is 80.5 cm³/mol. The van der Waals surface area contributed by atoms with E-state index in [1.54, 1.807) is 0 Å². The van der Waals surface area contributed by atoms with Gasteiger partial charge in [0.05, 0.1) is 6.61 Å². The molecule has 1 rings (SSSR count). The van der Waals surface area contributed by atoms with E-state index >= 15 is 0 Å². The van der Waals surface area contributed by atoms with Crippen LogP contribution in [0.4, 0.5) is 0 Å². The van der Waals surface area contributed by atoms with Gasteiger partial charge in [-0.3, -0.25) is 0 Å². The summed E-state index contributed by atoms with van der Waals surface area (Å²) in [5, 5.41) is 0.286. The third kappa shape index (κ3) is 4.86. The molecule has 2 nitrogen and oxygen atoms in total. The van der Waals surface area contributed by atoms with Crippen molar-refractivity contribution >= 4 is 8.32 Å². The molecule has 0 amide bonds. The first kappa shape index (κ1) is 15.9. The third-order valence-corrected chi connectivity index (χ3v) is 8.59. The fraction of sp³-hybridized carbons (Fsp3) is 0.867. The Morgan fingerprint density at radius 3 is 2.50 bits per heavy atom. The Kier molecular flexibility index (Phi) is 5.62. The minimum absolute atomic E-state index is 0.286. The molecule has 0 unspecified atom stereocenters. The summed E-state index contributed by atoms with van der Waals surface area (Å²) in [4.78, 5) is 0. The van der Waals surface area contributed by atoms with E-state index in [0.29, 0.717) is 12.2 Å². The Labute approximate surface area is 114 Å². The molecular formula is C15H30O2Si. The van der Waals surface area contributed by atoms with Crippen molar-refractivity contribution in [2.45, 2.75) is 77.3 Å². The first-order valence-electron chi connectivity index (χ1n) is 7.24. The van der Waals surface area contributed by atoms with Crippen LogP contribution >= 0.6 is 0 Å². The van der Waals surface area contributed by atoms with Crippen LogP contribution in [0, 0.1) is 0 Å². The second-order valence-electron chi connectivity index (χ2n) is 6.78. The van der Waals surface area contributed by atoms with Gasteiger partial charge >= 0.3 is 0 Å². The third-order valence-electron chi connectivity index (χ3n) is 4.09. The van der Waals surface area contributed by atoms with E-state index in [1.807, 2.05) is 0 Å². The minimum atomic E-state index is -1.61. The van der Waals surface area contributed by atoms with Crippen molar-refractivity contribution in [3.63, 3.8) is 0 Å². The molecule has 0 aromatic rings. The lowest BCUT2D eigenvalue weighted by atomic mass is 10.2. The summed E-state index contributed by atoms with van der Waals surface area (Å²) >= 11 is 0. The number of ether oxygens (including phenoxy) is 1. The van der Waals surface area contributed by atoms with Crippen molar-refractivity contribution in [2.24, 2.45) is 0 Å². The Balaban J connectivity index is 2.22. The number of rotatable bonds is 7. The van der Waals surface area contributed by atoms with Gasteiger partial charge in [0.25, 0.3) is 0 Å². The lowest BCUT2D eigenvalue weighted by Crippen LogP contribution is -2.41. The second kappa shape index (κ2) is 6.35. The van der Waals surface area contributed by atoms with Gasteiger partial charge in [-0.15, -0.1) is 0 Å². The fourth-order valence-corrected chi connectivity index (χ4v) is 2.53. The maximum Gasteiger partial charge on any atom is 0.192 e. The Hall–Kier alpha value is -0.123. The molecule has 1 saturated heterocycles. The van der Waals surface area contributed by atoms with E-state index in [0.717, 1.165) is 6.61 Å². The number of epoxide rings is 1. The molecule has 0 aliphatic carbocycles. The smallest absolute Gasteiger partial charge is 0.192 e. The van der Waals surface area contributed by atoms with Crippen LogP contribution in [0.15, 0.2) is 12.2 Å². The van der Waals surface area contributed by atoms with Crippen LogP contribution in [0.3, 0.4) is 0 Å². The zero-order chi connectivity index (χ0) is 13.8. The Bertz CT molecular complexity index is 279. The van der Waals surface area contributed by atoms with E-state index in [4.69, 9.17) is 9.16 Å². The topological polar surface area (TPSA) is 21.8 Å². The molecular weight excluding hydrogens is 240 g/mol. The van der Waals surface area contributed by atoms with Crippen LogP contribution in [-0.2, 0) is 9.16 Å². The molecule has 0 N–H and O–H groups in total. The van der Waals surface area contributed by atoms with Gasteiger partial charge in [-0.2, -0.15) is 0 Å². The normalized spacial score (nSPS) is 24.8. The summed E-state index contributed by atoms with van der Waals surface area (Å²) in [6, 6.07) is 0. The van der Waals surface area contributed by atoms with Crippen molar-refractivity contribution in [3.05, 3.63) is 12.2 Å². The van der Waals surface area contributed by atoms with Gasteiger partial charge in [-0.1, -0.05) is 52.7 Å². The highest BCUT2D eigenvalue weighted by Crippen LogP contribution is 2.37. The van der Waals surface area contributed by atoms with Gasteiger partial charge in [0, 0.05) is 0 Å². The van der Waals surface area contributed by atoms with Crippen LogP contribution in [0.2, 0.25) is 18.1 Å². The highest BCUT2D eigenvalue weighted by molar-refractivity contribution is 6.74. The minimum Gasteiger partial charge on any atom is -0.414 e. The summed E-state index contributed by atoms with van der Waals surface area (Å²) in [6.45, 7) is 14.4. The largest absolute Gasteiger partial charge is 0.414 e. The molecule has 1 aliphatic rings. The van der Waals surface area contributed by atoms with Crippen molar-refractivity contribution in [2.75, 3.05) is 6.61 Å². The number of allylic oxidation sites excluding steroid dienone is 1. The maximum atomic E-state index is 6.16. The molecule has 0 aromatic heterocycles. The van der Waals surface area contributed by atoms with Gasteiger partial charge in [0.1, 0.15) is 12.2 Å². The fourth-order valence-electron chi connectivity index (χ4n) is 1.52. The number of unbranched alkanes of at least 4 members (excludes halogenated alkanes) is 2. The zero-order valence-electron chi connectivity index (χ0n) is 13.0. The molecule has 106 valence electrons. The highest BCUT2D eigenvalue weighted by atomic mass is 28.4. The SMILES string of the molecule is CCCC/C=C/[C@H]1O[C@@H]1CO[Si](C)(C)C(C)(C)C. The van der Waals surface area contributed by atoms with Crippen LogP contribution in [-0.4, -0.2) is 27.1 Å². The molecule has 1 aliphatic heterocycles. The Morgan fingerprint density at radius 1 is 1.28 bits per heavy atom. The molecule has 0 spiro atoms. The standard InChI is InChI=1S/C15H30O2Si/c1-7-8-9-10-11-13-14(17-13)12-16-18(5,6)15(2,3)4/h10-11,13-14H,7-9,12H2,1-6H3/b11-10+/t13-,14-/m1/s1. The number of hydrogen-bond donors (Lipinski definition) is 0. The summed E-state index contributed by atoms with van der Waals surface area (Å²) in [5.41, 5.74) is 0. The van der Waals surface area contributed by atoms with Gasteiger partial charge in [-0.25, -0.2) is 0 Å². The van der Waals surface area contributed by atoms with Crippen molar-refractivity contribution in [3.8, 4) is 0 Å². The molecule has 0 radical (unpaired) electrons. The molecule has 0 aromatic carbocycles. The molecule has 2 atom stereocenters. The predicted octanol–water partition coefficient (Wildman–Crippen LogP) is 4.52. The van der Waals surface area contributed by atoms with E-state index in [-0.39, 0.29) is 5.04 Å². The zero-order valence-corrected chi connectivity index (χ0v) is 14.0. The molecule has 1 fully saturated rings. The number of hydrogen-bond acceptors (Lipinski definition) is 2. The van der Waals surface area contributed by atoms with E-state index in [2.05, 4.69) is 52.9 Å². The Morgan fingerprint density at radius 2 is 1.94 bits per heavy atom. The molecule has 0 saturated carbocycles. The summed E-state index contributed by atoms with van der Waals surface area (Å²) in [5.74, 6) is 0. The average Bonchev–Trinajstić information content (AvgIpc) is 2.99. The van der Waals surface area contributed by atoms with Crippen LogP contribution in [0.25, 0.3) is 0 Å². The average molecular weight is 270 g/mol. The van der Waals surface area contributed by atoms with Gasteiger partial charge < -0.3 is 9.16 Å². The highest BCUT2D eigenvalue weighted by Gasteiger charge is 2.42. The molecule has 3 heteroatoms. The van der Waals surface area contributed by atoms with Crippen LogP contribution < -0.4 is 0 Å². The van der Waals surface area contributed by atoms with Gasteiger partial charge in [-0.05, 0) is 24.6 Å². The van der Waals surface area contributed by atoms with Gasteiger partial charge in [0.2, 0.25) is 0 Å². The quantitative estimate of drug-likeness (QED) is 0.293. The van der Waals surface area contributed by atoms with Gasteiger partial charge in [0.15, 0.2) is 8.32 Å². The van der Waals surface area contributed by atoms with Crippen molar-refractivity contribution < 1.29 is 9.16 Å². The lowest BCUT2D eigenvalue weighted by molar-refractivity contribution is 0.242. The maximum absolute atomic E-state index is 6.16. The first-order valence-corrected chi connectivity index (χ1v) is 10.1. The second-order valence-corrected chi connectivity index (χ2v) is 11.6. The van der Waals surface area contributed by atoms with Crippen molar-refractivity contribution in [1.29, 1.82) is 0 Å². The van der Waals surface area contributed by atoms with E-state index in [1.165, 1.54) is 19.3 Å².